The first-order chi connectivity index (χ1) is 7.25. The molecule has 2 heterocycles. The molecule has 2 aliphatic heterocycles. The van der Waals surface area contributed by atoms with E-state index in [-0.39, 0.29) is 0 Å². The van der Waals surface area contributed by atoms with Gasteiger partial charge in [0, 0.05) is 0 Å². The van der Waals surface area contributed by atoms with Crippen molar-refractivity contribution in [2.75, 3.05) is 13.2 Å². The average Bonchev–Trinajstić information content (AvgIpc) is 3.10. The third-order valence-electron chi connectivity index (χ3n) is 2.05. The Hall–Kier alpha value is -1.06. The summed E-state index contributed by atoms with van der Waals surface area (Å²) in [5.74, 6) is 2.06. The van der Waals surface area contributed by atoms with Crippen molar-refractivity contribution >= 4 is 0 Å². The Kier molecular flexibility index (Phi) is 3.23. The van der Waals surface area contributed by atoms with E-state index in [9.17, 15) is 0 Å². The van der Waals surface area contributed by atoms with Gasteiger partial charge in [-0.2, -0.15) is 0 Å². The predicted molar refractivity (Wildman–Crippen MR) is 57.3 cm³/mol. The number of hydrogen-bond donors (Lipinski definition) is 0. The van der Waals surface area contributed by atoms with Gasteiger partial charge in [-0.1, -0.05) is 12.1 Å². The molecule has 15 heavy (non-hydrogen) atoms. The topological polar surface area (TPSA) is 34.3 Å². The number of rotatable bonds is 3. The fourth-order valence-electron chi connectivity index (χ4n) is 1.08. The standard InChI is InChI=1S/C6H12O2.C6H4O/c1-5(2)7-3-6-4-8-6;1-2-4-6-5(3-1)7-6/h5-6H,3-4H2,1-2H3;1-4H. The Morgan fingerprint density at radius 3 is 2.33 bits per heavy atom. The molecule has 1 unspecified atom stereocenters. The molecular weight excluding hydrogens is 192 g/mol. The van der Waals surface area contributed by atoms with Gasteiger partial charge in [-0.25, -0.2) is 0 Å². The summed E-state index contributed by atoms with van der Waals surface area (Å²) in [6.45, 7) is 5.73. The minimum atomic E-state index is 0.346. The summed E-state index contributed by atoms with van der Waals surface area (Å²) in [6.07, 6.45) is 0.761. The highest BCUT2D eigenvalue weighted by Crippen LogP contribution is 2.43. The molecule has 1 aromatic rings. The van der Waals surface area contributed by atoms with Gasteiger partial charge in [0.25, 0.3) is 0 Å². The summed E-state index contributed by atoms with van der Waals surface area (Å²) >= 11 is 0. The van der Waals surface area contributed by atoms with Crippen molar-refractivity contribution in [3.05, 3.63) is 24.3 Å². The van der Waals surface area contributed by atoms with Crippen LogP contribution in [-0.4, -0.2) is 25.4 Å². The van der Waals surface area contributed by atoms with Gasteiger partial charge >= 0.3 is 0 Å². The van der Waals surface area contributed by atoms with Crippen molar-refractivity contribution in [1.82, 2.24) is 0 Å². The molecule has 1 saturated heterocycles. The number of epoxide rings is 1. The fourth-order valence-corrected chi connectivity index (χ4v) is 1.08. The van der Waals surface area contributed by atoms with Gasteiger partial charge in [0.1, 0.15) is 6.10 Å². The number of benzene rings is 1. The van der Waals surface area contributed by atoms with Crippen LogP contribution in [-0.2, 0) is 9.47 Å². The highest BCUT2D eigenvalue weighted by atomic mass is 16.6. The summed E-state index contributed by atoms with van der Waals surface area (Å²) in [7, 11) is 0. The van der Waals surface area contributed by atoms with Crippen LogP contribution >= 0.6 is 0 Å². The molecule has 0 aromatic heterocycles. The molecule has 0 saturated carbocycles. The maximum absolute atomic E-state index is 5.24. The molecule has 0 bridgehead atoms. The first kappa shape index (κ1) is 10.5. The van der Waals surface area contributed by atoms with Gasteiger partial charge in [-0.3, -0.25) is 0 Å². The SMILES string of the molecule is CC(C)OCC1CO1.c1ccc2c(c1)O2. The van der Waals surface area contributed by atoms with Crippen molar-refractivity contribution < 1.29 is 14.2 Å². The van der Waals surface area contributed by atoms with E-state index in [2.05, 4.69) is 0 Å². The third-order valence-corrected chi connectivity index (χ3v) is 2.05. The van der Waals surface area contributed by atoms with E-state index in [1.807, 2.05) is 38.1 Å². The van der Waals surface area contributed by atoms with Crippen molar-refractivity contribution in [2.45, 2.75) is 26.1 Å². The second-order valence-corrected chi connectivity index (χ2v) is 3.89. The Morgan fingerprint density at radius 2 is 1.93 bits per heavy atom. The normalized spacial score (nSPS) is 19.8. The number of ether oxygens (including phenoxy) is 3. The molecule has 0 N–H and O–H groups in total. The maximum Gasteiger partial charge on any atom is 0.170 e. The molecule has 3 heteroatoms. The second kappa shape index (κ2) is 4.64. The Labute approximate surface area is 90.0 Å². The zero-order valence-corrected chi connectivity index (χ0v) is 9.10. The lowest BCUT2D eigenvalue weighted by Gasteiger charge is -2.02. The van der Waals surface area contributed by atoms with Crippen molar-refractivity contribution in [3.63, 3.8) is 0 Å². The molecule has 1 atom stereocenters. The Morgan fingerprint density at radius 1 is 1.33 bits per heavy atom. The lowest BCUT2D eigenvalue weighted by Crippen LogP contribution is -2.07. The van der Waals surface area contributed by atoms with E-state index in [0.29, 0.717) is 12.2 Å². The van der Waals surface area contributed by atoms with Crippen LogP contribution in [0.25, 0.3) is 0 Å². The zero-order chi connectivity index (χ0) is 10.7. The van der Waals surface area contributed by atoms with E-state index in [1.54, 1.807) is 0 Å². The van der Waals surface area contributed by atoms with Gasteiger partial charge < -0.3 is 14.2 Å². The van der Waals surface area contributed by atoms with Gasteiger partial charge in [-0.05, 0) is 26.0 Å². The van der Waals surface area contributed by atoms with Crippen LogP contribution in [0, 0.1) is 0 Å². The van der Waals surface area contributed by atoms with E-state index in [1.165, 1.54) is 0 Å². The van der Waals surface area contributed by atoms with Crippen LogP contribution in [0.2, 0.25) is 0 Å². The van der Waals surface area contributed by atoms with Gasteiger partial charge in [0.15, 0.2) is 11.5 Å². The molecule has 1 aromatic carbocycles. The van der Waals surface area contributed by atoms with E-state index in [4.69, 9.17) is 14.2 Å². The van der Waals surface area contributed by atoms with E-state index >= 15 is 0 Å². The van der Waals surface area contributed by atoms with E-state index in [0.717, 1.165) is 24.7 Å². The molecular formula is C12H16O3. The van der Waals surface area contributed by atoms with Crippen molar-refractivity contribution in [3.8, 4) is 11.5 Å². The quantitative estimate of drug-likeness (QED) is 0.727. The number of fused-ring (bicyclic) bond motifs is 1. The van der Waals surface area contributed by atoms with Crippen LogP contribution in [0.5, 0.6) is 11.5 Å². The number of hydrogen-bond acceptors (Lipinski definition) is 3. The summed E-state index contributed by atoms with van der Waals surface area (Å²) in [5.41, 5.74) is 0. The minimum absolute atomic E-state index is 0.346. The molecule has 2 aliphatic rings. The molecule has 3 rings (SSSR count). The highest BCUT2D eigenvalue weighted by molar-refractivity contribution is 5.53. The summed E-state index contributed by atoms with van der Waals surface area (Å²) in [6, 6.07) is 7.84. The van der Waals surface area contributed by atoms with Crippen LogP contribution < -0.4 is 4.74 Å². The summed E-state index contributed by atoms with van der Waals surface area (Å²) < 4.78 is 15.1. The molecule has 3 nitrogen and oxygen atoms in total. The molecule has 0 spiro atoms. The van der Waals surface area contributed by atoms with Crippen LogP contribution in [0.4, 0.5) is 0 Å². The van der Waals surface area contributed by atoms with Crippen LogP contribution in [0.1, 0.15) is 13.8 Å². The van der Waals surface area contributed by atoms with Crippen LogP contribution in [0.15, 0.2) is 24.3 Å². The minimum Gasteiger partial charge on any atom is -0.450 e. The third kappa shape index (κ3) is 3.90. The smallest absolute Gasteiger partial charge is 0.170 e. The molecule has 0 amide bonds. The van der Waals surface area contributed by atoms with Gasteiger partial charge in [0.05, 0.1) is 19.3 Å². The molecule has 1 fully saturated rings. The highest BCUT2D eigenvalue weighted by Gasteiger charge is 2.22. The Bertz CT molecular complexity index is 295. The first-order valence-corrected chi connectivity index (χ1v) is 5.26. The summed E-state index contributed by atoms with van der Waals surface area (Å²) in [5, 5.41) is 0. The largest absolute Gasteiger partial charge is 0.450 e. The maximum atomic E-state index is 5.24. The average molecular weight is 208 g/mol. The van der Waals surface area contributed by atoms with E-state index < -0.39 is 0 Å². The summed E-state index contributed by atoms with van der Waals surface area (Å²) in [4.78, 5) is 0. The van der Waals surface area contributed by atoms with Crippen molar-refractivity contribution in [1.29, 1.82) is 0 Å². The monoisotopic (exact) mass is 208 g/mol. The zero-order valence-electron chi connectivity index (χ0n) is 9.10. The Balaban J connectivity index is 0.000000114. The van der Waals surface area contributed by atoms with Crippen LogP contribution in [0.3, 0.4) is 0 Å². The van der Waals surface area contributed by atoms with Gasteiger partial charge in [-0.15, -0.1) is 0 Å². The molecule has 0 radical (unpaired) electrons. The molecule has 0 aliphatic carbocycles. The first-order valence-electron chi connectivity index (χ1n) is 5.26. The second-order valence-electron chi connectivity index (χ2n) is 3.89. The lowest BCUT2D eigenvalue weighted by molar-refractivity contribution is 0.0662. The lowest BCUT2D eigenvalue weighted by atomic mass is 10.4. The van der Waals surface area contributed by atoms with Gasteiger partial charge in [0.2, 0.25) is 0 Å². The molecule has 82 valence electrons. The predicted octanol–water partition coefficient (Wildman–Crippen LogP) is 2.60. The number of para-hydroxylation sites is 2. The fraction of sp³-hybridized carbons (Fsp3) is 0.500. The van der Waals surface area contributed by atoms with Crippen molar-refractivity contribution in [2.24, 2.45) is 0 Å².